The smallest absolute Gasteiger partial charge is 0.323 e. The van der Waals surface area contributed by atoms with Gasteiger partial charge in [0, 0.05) is 5.54 Å². The second kappa shape index (κ2) is 6.89. The molecule has 0 aliphatic carbocycles. The average Bonchev–Trinajstić information content (AvgIpc) is 2.27. The van der Waals surface area contributed by atoms with Gasteiger partial charge in [-0.25, -0.2) is 0 Å². The van der Waals surface area contributed by atoms with Gasteiger partial charge in [-0.05, 0) is 47.1 Å². The van der Waals surface area contributed by atoms with Crippen molar-refractivity contribution in [1.29, 1.82) is 0 Å². The Morgan fingerprint density at radius 2 is 2.00 bits per heavy atom. The lowest BCUT2D eigenvalue weighted by molar-refractivity contribution is -0.151. The zero-order chi connectivity index (χ0) is 14.5. The van der Waals surface area contributed by atoms with Crippen molar-refractivity contribution in [3.63, 3.8) is 0 Å². The van der Waals surface area contributed by atoms with Crippen LogP contribution in [0.3, 0.4) is 0 Å². The third kappa shape index (κ3) is 5.59. The summed E-state index contributed by atoms with van der Waals surface area (Å²) in [5.74, 6) is -0.241. The highest BCUT2D eigenvalue weighted by atomic mass is 16.5. The van der Waals surface area contributed by atoms with E-state index >= 15 is 0 Å². The number of esters is 1. The number of rotatable bonds is 4. The Morgan fingerprint density at radius 1 is 1.32 bits per heavy atom. The summed E-state index contributed by atoms with van der Waals surface area (Å²) in [4.78, 5) is 25.8. The van der Waals surface area contributed by atoms with Crippen molar-refractivity contribution in [3.05, 3.63) is 0 Å². The van der Waals surface area contributed by atoms with Gasteiger partial charge in [-0.15, -0.1) is 0 Å². The molecule has 0 saturated carbocycles. The molecule has 19 heavy (non-hydrogen) atoms. The molecule has 110 valence electrons. The first-order valence-electron chi connectivity index (χ1n) is 7.05. The van der Waals surface area contributed by atoms with Crippen LogP contribution in [-0.4, -0.2) is 48.1 Å². The summed E-state index contributed by atoms with van der Waals surface area (Å²) in [5.41, 5.74) is -0.244. The quantitative estimate of drug-likeness (QED) is 0.783. The third-order valence-electron chi connectivity index (χ3n) is 3.03. The van der Waals surface area contributed by atoms with Crippen molar-refractivity contribution in [3.8, 4) is 0 Å². The molecule has 0 radical (unpaired) electrons. The van der Waals surface area contributed by atoms with Crippen LogP contribution in [-0.2, 0) is 14.3 Å². The van der Waals surface area contributed by atoms with Crippen molar-refractivity contribution in [2.45, 2.75) is 58.5 Å². The lowest BCUT2D eigenvalue weighted by atomic mass is 10.0. The topological polar surface area (TPSA) is 58.6 Å². The zero-order valence-corrected chi connectivity index (χ0v) is 12.5. The van der Waals surface area contributed by atoms with Gasteiger partial charge in [0.1, 0.15) is 6.04 Å². The number of ether oxygens (including phenoxy) is 1. The van der Waals surface area contributed by atoms with Crippen LogP contribution in [0, 0.1) is 0 Å². The minimum Gasteiger partial charge on any atom is -0.465 e. The van der Waals surface area contributed by atoms with Gasteiger partial charge in [0.2, 0.25) is 5.91 Å². The number of nitrogens with zero attached hydrogens (tertiary/aromatic N) is 1. The molecule has 5 nitrogen and oxygen atoms in total. The first kappa shape index (κ1) is 16.0. The number of likely N-dealkylation sites (tertiary alicyclic amines) is 1. The molecule has 0 aromatic rings. The third-order valence-corrected chi connectivity index (χ3v) is 3.03. The molecule has 0 aromatic heterocycles. The van der Waals surface area contributed by atoms with Crippen molar-refractivity contribution in [2.75, 3.05) is 19.7 Å². The first-order valence-corrected chi connectivity index (χ1v) is 7.05. The number of carbonyl (C=O) groups excluding carboxylic acids is 2. The molecule has 1 atom stereocenters. The molecule has 5 heteroatoms. The number of nitrogens with one attached hydrogen (secondary N) is 1. The lowest BCUT2D eigenvalue weighted by Gasteiger charge is -2.34. The Balaban J connectivity index is 2.57. The van der Waals surface area contributed by atoms with Gasteiger partial charge < -0.3 is 10.1 Å². The van der Waals surface area contributed by atoms with Gasteiger partial charge >= 0.3 is 5.97 Å². The number of carbonyl (C=O) groups is 2. The molecule has 0 spiro atoms. The van der Waals surface area contributed by atoms with E-state index in [2.05, 4.69) is 5.32 Å². The van der Waals surface area contributed by atoms with Crippen LogP contribution in [0.15, 0.2) is 0 Å². The summed E-state index contributed by atoms with van der Waals surface area (Å²) >= 11 is 0. The van der Waals surface area contributed by atoms with Crippen LogP contribution < -0.4 is 5.32 Å². The highest BCUT2D eigenvalue weighted by Crippen LogP contribution is 2.18. The maximum absolute atomic E-state index is 11.9. The van der Waals surface area contributed by atoms with Gasteiger partial charge in [0.25, 0.3) is 0 Å². The standard InChI is InChI=1S/C14H26N2O3/c1-5-19-13(18)11-8-6-7-9-16(11)10-12(17)15-14(2,3)4/h11H,5-10H2,1-4H3,(H,15,17). The summed E-state index contributed by atoms with van der Waals surface area (Å²) in [7, 11) is 0. The van der Waals surface area contributed by atoms with E-state index in [1.165, 1.54) is 0 Å². The second-order valence-corrected chi connectivity index (χ2v) is 6.03. The van der Waals surface area contributed by atoms with E-state index in [-0.39, 0.29) is 30.0 Å². The molecular formula is C14H26N2O3. The van der Waals surface area contributed by atoms with Gasteiger partial charge in [0.05, 0.1) is 13.2 Å². The van der Waals surface area contributed by atoms with Crippen LogP contribution in [0.25, 0.3) is 0 Å². The van der Waals surface area contributed by atoms with Crippen LogP contribution in [0.1, 0.15) is 47.0 Å². The predicted molar refractivity (Wildman–Crippen MR) is 73.7 cm³/mol. The highest BCUT2D eigenvalue weighted by molar-refractivity contribution is 5.81. The Labute approximate surface area is 115 Å². The second-order valence-electron chi connectivity index (χ2n) is 6.03. The van der Waals surface area contributed by atoms with Crippen LogP contribution in [0.5, 0.6) is 0 Å². The molecule has 1 fully saturated rings. The minimum atomic E-state index is -0.264. The number of hydrogen-bond donors (Lipinski definition) is 1. The SMILES string of the molecule is CCOC(=O)C1CCCCN1CC(=O)NC(C)(C)C. The van der Waals surface area contributed by atoms with Crippen molar-refractivity contribution < 1.29 is 14.3 Å². The number of amides is 1. The maximum Gasteiger partial charge on any atom is 0.323 e. The van der Waals surface area contributed by atoms with E-state index in [0.29, 0.717) is 6.61 Å². The van der Waals surface area contributed by atoms with Crippen molar-refractivity contribution in [1.82, 2.24) is 10.2 Å². The van der Waals surface area contributed by atoms with Gasteiger partial charge in [-0.1, -0.05) is 6.42 Å². The largest absolute Gasteiger partial charge is 0.465 e. The van der Waals surface area contributed by atoms with Gasteiger partial charge in [0.15, 0.2) is 0 Å². The summed E-state index contributed by atoms with van der Waals surface area (Å²) < 4.78 is 5.08. The fourth-order valence-corrected chi connectivity index (χ4v) is 2.33. The zero-order valence-electron chi connectivity index (χ0n) is 12.5. The normalized spacial score (nSPS) is 20.9. The first-order chi connectivity index (χ1) is 8.83. The molecule has 1 rings (SSSR count). The van der Waals surface area contributed by atoms with Crippen molar-refractivity contribution in [2.24, 2.45) is 0 Å². The Bertz CT molecular complexity index is 323. The highest BCUT2D eigenvalue weighted by Gasteiger charge is 2.31. The van der Waals surface area contributed by atoms with Crippen LogP contribution in [0.2, 0.25) is 0 Å². The van der Waals surface area contributed by atoms with E-state index in [0.717, 1.165) is 25.8 Å². The molecule has 1 N–H and O–H groups in total. The molecule has 1 unspecified atom stereocenters. The summed E-state index contributed by atoms with van der Waals surface area (Å²) in [6.07, 6.45) is 2.82. The Hall–Kier alpha value is -1.10. The van der Waals surface area contributed by atoms with E-state index in [4.69, 9.17) is 4.74 Å². The van der Waals surface area contributed by atoms with E-state index in [1.54, 1.807) is 6.92 Å². The van der Waals surface area contributed by atoms with E-state index in [9.17, 15) is 9.59 Å². The van der Waals surface area contributed by atoms with E-state index in [1.807, 2.05) is 25.7 Å². The molecule has 1 saturated heterocycles. The molecular weight excluding hydrogens is 244 g/mol. The minimum absolute atomic E-state index is 0.0382. The molecule has 1 aliphatic rings. The van der Waals surface area contributed by atoms with Gasteiger partial charge in [-0.3, -0.25) is 14.5 Å². The summed E-state index contributed by atoms with van der Waals surface area (Å²) in [6, 6.07) is -0.264. The van der Waals surface area contributed by atoms with Crippen molar-refractivity contribution >= 4 is 11.9 Å². The summed E-state index contributed by atoms with van der Waals surface area (Å²) in [5, 5.41) is 2.93. The molecule has 1 aliphatic heterocycles. The lowest BCUT2D eigenvalue weighted by Crippen LogP contribution is -2.52. The van der Waals surface area contributed by atoms with Crippen LogP contribution >= 0.6 is 0 Å². The molecule has 0 bridgehead atoms. The fourth-order valence-electron chi connectivity index (χ4n) is 2.33. The molecule has 0 aromatic carbocycles. The fraction of sp³-hybridized carbons (Fsp3) is 0.857. The maximum atomic E-state index is 11.9. The van der Waals surface area contributed by atoms with Gasteiger partial charge in [-0.2, -0.15) is 0 Å². The number of hydrogen-bond acceptors (Lipinski definition) is 4. The van der Waals surface area contributed by atoms with Crippen LogP contribution in [0.4, 0.5) is 0 Å². The Morgan fingerprint density at radius 3 is 2.58 bits per heavy atom. The van der Waals surface area contributed by atoms with E-state index < -0.39 is 0 Å². The number of piperidine rings is 1. The predicted octanol–water partition coefficient (Wildman–Crippen LogP) is 1.32. The molecule has 1 heterocycles. The monoisotopic (exact) mass is 270 g/mol. The average molecular weight is 270 g/mol. The summed E-state index contributed by atoms with van der Waals surface area (Å²) in [6.45, 7) is 9.08. The molecule has 1 amide bonds. The Kier molecular flexibility index (Phi) is 5.79.